The predicted octanol–water partition coefficient (Wildman–Crippen LogP) is 3.95. The molecule has 100 valence electrons. The van der Waals surface area contributed by atoms with Gasteiger partial charge >= 0.3 is 6.03 Å². The summed E-state index contributed by atoms with van der Waals surface area (Å²) in [4.78, 5) is 11.7. The van der Waals surface area contributed by atoms with E-state index in [4.69, 9.17) is 11.6 Å². The molecule has 2 aromatic rings. The Morgan fingerprint density at radius 1 is 1.32 bits per heavy atom. The topological polar surface area (TPSA) is 66.9 Å². The predicted molar refractivity (Wildman–Crippen MR) is 80.4 cm³/mol. The molecular formula is C11H11ClN4OS2. The Morgan fingerprint density at radius 2 is 2.05 bits per heavy atom. The first-order valence-electron chi connectivity index (χ1n) is 5.47. The van der Waals surface area contributed by atoms with E-state index < -0.39 is 0 Å². The van der Waals surface area contributed by atoms with Gasteiger partial charge in [0, 0.05) is 10.7 Å². The van der Waals surface area contributed by atoms with Crippen molar-refractivity contribution in [3.05, 3.63) is 29.3 Å². The SMILES string of the molecule is CCSc1nnc(NC(=O)Nc2ccc(Cl)cc2)s1. The van der Waals surface area contributed by atoms with Crippen LogP contribution in [0.25, 0.3) is 0 Å². The Morgan fingerprint density at radius 3 is 2.74 bits per heavy atom. The molecule has 0 radical (unpaired) electrons. The summed E-state index contributed by atoms with van der Waals surface area (Å²) in [6.07, 6.45) is 0. The van der Waals surface area contributed by atoms with Gasteiger partial charge in [0.25, 0.3) is 0 Å². The maximum absolute atomic E-state index is 11.7. The molecule has 0 aliphatic heterocycles. The standard InChI is InChI=1S/C11H11ClN4OS2/c1-2-18-11-16-15-10(19-11)14-9(17)13-8-5-3-7(12)4-6-8/h3-6H,2H2,1H3,(H2,13,14,15,17). The van der Waals surface area contributed by atoms with Gasteiger partial charge in [-0.3, -0.25) is 5.32 Å². The van der Waals surface area contributed by atoms with Crippen LogP contribution in [-0.4, -0.2) is 22.0 Å². The fraction of sp³-hybridized carbons (Fsp3) is 0.182. The third kappa shape index (κ3) is 4.38. The number of benzene rings is 1. The van der Waals surface area contributed by atoms with E-state index in [0.29, 0.717) is 15.8 Å². The van der Waals surface area contributed by atoms with Crippen LogP contribution in [0.5, 0.6) is 0 Å². The molecule has 0 bridgehead atoms. The molecule has 0 unspecified atom stereocenters. The fourth-order valence-electron chi connectivity index (χ4n) is 1.23. The number of aromatic nitrogens is 2. The van der Waals surface area contributed by atoms with Crippen LogP contribution in [0, 0.1) is 0 Å². The highest BCUT2D eigenvalue weighted by Crippen LogP contribution is 2.25. The normalized spacial score (nSPS) is 10.2. The molecule has 0 saturated carbocycles. The Balaban J connectivity index is 1.91. The molecule has 0 atom stereocenters. The number of thioether (sulfide) groups is 1. The second-order valence-corrected chi connectivity index (χ2v) is 6.32. The van der Waals surface area contributed by atoms with Crippen LogP contribution < -0.4 is 10.6 Å². The molecule has 1 heterocycles. The molecule has 2 rings (SSSR count). The summed E-state index contributed by atoms with van der Waals surface area (Å²) in [7, 11) is 0. The van der Waals surface area contributed by atoms with Gasteiger partial charge in [-0.05, 0) is 30.0 Å². The van der Waals surface area contributed by atoms with Crippen molar-refractivity contribution < 1.29 is 4.79 Å². The Kier molecular flexibility index (Phi) is 5.00. The smallest absolute Gasteiger partial charge is 0.308 e. The second kappa shape index (κ2) is 6.74. The molecule has 5 nitrogen and oxygen atoms in total. The average Bonchev–Trinajstić information content (AvgIpc) is 2.80. The number of carbonyl (C=O) groups excluding carboxylic acids is 1. The van der Waals surface area contributed by atoms with E-state index in [1.54, 1.807) is 36.0 Å². The molecule has 0 aliphatic carbocycles. The van der Waals surface area contributed by atoms with Gasteiger partial charge in [-0.15, -0.1) is 10.2 Å². The minimum atomic E-state index is -0.355. The van der Waals surface area contributed by atoms with Gasteiger partial charge in [0.05, 0.1) is 0 Å². The van der Waals surface area contributed by atoms with Crippen LogP contribution in [0.4, 0.5) is 15.6 Å². The minimum Gasteiger partial charge on any atom is -0.308 e. The van der Waals surface area contributed by atoms with Gasteiger partial charge in [0.1, 0.15) is 0 Å². The molecule has 1 aromatic heterocycles. The maximum atomic E-state index is 11.7. The minimum absolute atomic E-state index is 0.355. The summed E-state index contributed by atoms with van der Waals surface area (Å²) >= 11 is 8.70. The second-order valence-electron chi connectivity index (χ2n) is 3.39. The number of rotatable bonds is 4. The first kappa shape index (κ1) is 14.1. The van der Waals surface area contributed by atoms with Crippen molar-refractivity contribution in [1.29, 1.82) is 0 Å². The number of urea groups is 1. The molecule has 0 spiro atoms. The van der Waals surface area contributed by atoms with E-state index in [2.05, 4.69) is 20.8 Å². The average molecular weight is 315 g/mol. The fourth-order valence-corrected chi connectivity index (χ4v) is 3.00. The number of nitrogens with zero attached hydrogens (tertiary/aromatic N) is 2. The van der Waals surface area contributed by atoms with E-state index in [9.17, 15) is 4.79 Å². The third-order valence-electron chi connectivity index (χ3n) is 2.00. The van der Waals surface area contributed by atoms with E-state index in [-0.39, 0.29) is 6.03 Å². The van der Waals surface area contributed by atoms with Crippen LogP contribution >= 0.6 is 34.7 Å². The Hall–Kier alpha value is -1.31. The molecule has 0 fully saturated rings. The van der Waals surface area contributed by atoms with Crippen LogP contribution in [0.2, 0.25) is 5.02 Å². The highest BCUT2D eigenvalue weighted by molar-refractivity contribution is 8.01. The van der Waals surface area contributed by atoms with Gasteiger partial charge < -0.3 is 5.32 Å². The zero-order valence-electron chi connectivity index (χ0n) is 10.0. The first-order valence-corrected chi connectivity index (χ1v) is 7.65. The molecule has 19 heavy (non-hydrogen) atoms. The maximum Gasteiger partial charge on any atom is 0.325 e. The number of hydrogen-bond acceptors (Lipinski definition) is 5. The van der Waals surface area contributed by atoms with Crippen molar-refractivity contribution >= 4 is 51.5 Å². The molecule has 1 aromatic carbocycles. The van der Waals surface area contributed by atoms with E-state index in [1.165, 1.54) is 11.3 Å². The summed E-state index contributed by atoms with van der Waals surface area (Å²) in [6, 6.07) is 6.50. The molecule has 0 aliphatic rings. The molecular weight excluding hydrogens is 304 g/mol. The first-order chi connectivity index (χ1) is 9.17. The van der Waals surface area contributed by atoms with Crippen LogP contribution in [0.15, 0.2) is 28.6 Å². The van der Waals surface area contributed by atoms with Crippen LogP contribution in [0.3, 0.4) is 0 Å². The lowest BCUT2D eigenvalue weighted by Crippen LogP contribution is -2.19. The molecule has 8 heteroatoms. The quantitative estimate of drug-likeness (QED) is 0.662. The number of halogens is 1. The van der Waals surface area contributed by atoms with Crippen LogP contribution in [-0.2, 0) is 0 Å². The Labute approximate surface area is 123 Å². The highest BCUT2D eigenvalue weighted by atomic mass is 35.5. The lowest BCUT2D eigenvalue weighted by molar-refractivity contribution is 0.262. The van der Waals surface area contributed by atoms with Gasteiger partial charge in [0.15, 0.2) is 4.34 Å². The van der Waals surface area contributed by atoms with Crippen molar-refractivity contribution in [3.63, 3.8) is 0 Å². The molecule has 0 saturated heterocycles. The number of carbonyl (C=O) groups is 1. The molecule has 2 amide bonds. The van der Waals surface area contributed by atoms with Gasteiger partial charge in [-0.2, -0.15) is 0 Å². The number of nitrogens with one attached hydrogen (secondary N) is 2. The van der Waals surface area contributed by atoms with Gasteiger partial charge in [-0.25, -0.2) is 4.79 Å². The summed E-state index contributed by atoms with van der Waals surface area (Å²) in [5, 5.41) is 14.2. The summed E-state index contributed by atoms with van der Waals surface area (Å²) < 4.78 is 0.837. The largest absolute Gasteiger partial charge is 0.325 e. The van der Waals surface area contributed by atoms with Crippen molar-refractivity contribution in [1.82, 2.24) is 10.2 Å². The third-order valence-corrected chi connectivity index (χ3v) is 4.10. The lowest BCUT2D eigenvalue weighted by atomic mass is 10.3. The van der Waals surface area contributed by atoms with Crippen molar-refractivity contribution in [2.45, 2.75) is 11.3 Å². The van der Waals surface area contributed by atoms with Crippen molar-refractivity contribution in [2.24, 2.45) is 0 Å². The van der Waals surface area contributed by atoms with Crippen molar-refractivity contribution in [3.8, 4) is 0 Å². The van der Waals surface area contributed by atoms with E-state index in [1.807, 2.05) is 6.92 Å². The number of amides is 2. The van der Waals surface area contributed by atoms with E-state index in [0.717, 1.165) is 10.1 Å². The lowest BCUT2D eigenvalue weighted by Gasteiger charge is -2.04. The summed E-state index contributed by atoms with van der Waals surface area (Å²) in [5.74, 6) is 0.922. The highest BCUT2D eigenvalue weighted by Gasteiger charge is 2.08. The zero-order chi connectivity index (χ0) is 13.7. The van der Waals surface area contributed by atoms with Crippen LogP contribution in [0.1, 0.15) is 6.92 Å². The zero-order valence-corrected chi connectivity index (χ0v) is 12.4. The summed E-state index contributed by atoms with van der Waals surface area (Å²) in [5.41, 5.74) is 0.662. The molecule has 2 N–H and O–H groups in total. The number of hydrogen-bond donors (Lipinski definition) is 2. The Bertz CT molecular complexity index is 558. The monoisotopic (exact) mass is 314 g/mol. The van der Waals surface area contributed by atoms with E-state index >= 15 is 0 Å². The van der Waals surface area contributed by atoms with Crippen molar-refractivity contribution in [2.75, 3.05) is 16.4 Å². The number of anilines is 2. The van der Waals surface area contributed by atoms with Gasteiger partial charge in [0.2, 0.25) is 5.13 Å². The summed E-state index contributed by atoms with van der Waals surface area (Å²) in [6.45, 7) is 2.03. The van der Waals surface area contributed by atoms with Gasteiger partial charge in [-0.1, -0.05) is 41.6 Å².